The molecule has 0 saturated carbocycles. The van der Waals surface area contributed by atoms with Crippen LogP contribution in [0.1, 0.15) is 20.8 Å². The van der Waals surface area contributed by atoms with Gasteiger partial charge in [-0.25, -0.2) is 0 Å². The molecule has 0 aromatic heterocycles. The minimum absolute atomic E-state index is 0.691. The largest absolute Gasteiger partial charge is 0.358 e. The number of piperazine rings is 1. The first-order valence-electron chi connectivity index (χ1n) is 4.31. The van der Waals surface area contributed by atoms with E-state index in [-0.39, 0.29) is 0 Å². The van der Waals surface area contributed by atoms with Crippen molar-refractivity contribution in [1.82, 2.24) is 10.2 Å². The van der Waals surface area contributed by atoms with E-state index >= 15 is 0 Å². The molecular weight excluding hydrogens is 138 g/mol. The van der Waals surface area contributed by atoms with Crippen LogP contribution in [0, 0.1) is 5.41 Å². The highest BCUT2D eigenvalue weighted by Crippen LogP contribution is 1.91. The van der Waals surface area contributed by atoms with Crippen LogP contribution >= 0.6 is 0 Å². The van der Waals surface area contributed by atoms with E-state index in [1.165, 1.54) is 0 Å². The van der Waals surface area contributed by atoms with Gasteiger partial charge in [-0.1, -0.05) is 13.8 Å². The van der Waals surface area contributed by atoms with Crippen molar-refractivity contribution in [2.45, 2.75) is 20.8 Å². The normalized spacial score (nSPS) is 16.8. The Bertz CT molecular complexity index is 106. The fourth-order valence-electron chi connectivity index (χ4n) is 1.00. The smallest absolute Gasteiger partial charge is 0.0926 e. The molecule has 1 aliphatic rings. The molecule has 0 bridgehead atoms. The molecule has 0 amide bonds. The maximum atomic E-state index is 7.29. The highest BCUT2D eigenvalue weighted by molar-refractivity contribution is 5.76. The molecule has 3 nitrogen and oxygen atoms in total. The number of nitrogens with one attached hydrogen (secondary N) is 2. The van der Waals surface area contributed by atoms with Crippen LogP contribution in [0.5, 0.6) is 0 Å². The fraction of sp³-hybridized carbons (Fsp3) is 0.875. The molecule has 0 aromatic carbocycles. The van der Waals surface area contributed by atoms with Crippen molar-refractivity contribution in [3.8, 4) is 0 Å². The van der Waals surface area contributed by atoms with Gasteiger partial charge in [0.2, 0.25) is 0 Å². The molecule has 0 spiro atoms. The molecule has 2 N–H and O–H groups in total. The average Bonchev–Trinajstić information content (AvgIpc) is 2.10. The number of nitrogens with zero attached hydrogens (tertiary/aromatic N) is 1. The SMILES string of the molecule is CC.CC(=N)N1CCNCC1. The van der Waals surface area contributed by atoms with Crippen LogP contribution < -0.4 is 5.32 Å². The zero-order valence-electron chi connectivity index (χ0n) is 7.78. The monoisotopic (exact) mass is 157 g/mol. The van der Waals surface area contributed by atoms with E-state index in [1.54, 1.807) is 0 Å². The highest BCUT2D eigenvalue weighted by atomic mass is 15.2. The fourth-order valence-corrected chi connectivity index (χ4v) is 1.00. The van der Waals surface area contributed by atoms with E-state index in [4.69, 9.17) is 5.41 Å². The summed E-state index contributed by atoms with van der Waals surface area (Å²) in [6.45, 7) is 9.88. The minimum Gasteiger partial charge on any atom is -0.358 e. The van der Waals surface area contributed by atoms with Gasteiger partial charge in [-0.05, 0) is 6.92 Å². The Morgan fingerprint density at radius 3 is 2.00 bits per heavy atom. The molecular formula is C8H19N3. The summed E-state index contributed by atoms with van der Waals surface area (Å²) in [4.78, 5) is 2.08. The Hall–Kier alpha value is -0.570. The zero-order valence-corrected chi connectivity index (χ0v) is 7.78. The topological polar surface area (TPSA) is 39.1 Å². The van der Waals surface area contributed by atoms with Crippen molar-refractivity contribution >= 4 is 5.84 Å². The second-order valence-corrected chi connectivity index (χ2v) is 2.32. The van der Waals surface area contributed by atoms with Crippen LogP contribution in [0.3, 0.4) is 0 Å². The Morgan fingerprint density at radius 1 is 1.27 bits per heavy atom. The molecule has 1 heterocycles. The Kier molecular flexibility index (Phi) is 5.84. The molecule has 1 rings (SSSR count). The van der Waals surface area contributed by atoms with Crippen LogP contribution in [-0.4, -0.2) is 36.9 Å². The van der Waals surface area contributed by atoms with Crippen molar-refractivity contribution in [1.29, 1.82) is 5.41 Å². The van der Waals surface area contributed by atoms with Crippen LogP contribution in [0.15, 0.2) is 0 Å². The summed E-state index contributed by atoms with van der Waals surface area (Å²) in [6.07, 6.45) is 0. The number of rotatable bonds is 0. The van der Waals surface area contributed by atoms with Crippen LogP contribution in [0.4, 0.5) is 0 Å². The van der Waals surface area contributed by atoms with Gasteiger partial charge < -0.3 is 10.2 Å². The van der Waals surface area contributed by atoms with E-state index in [0.717, 1.165) is 26.2 Å². The predicted octanol–water partition coefficient (Wildman–Crippen LogP) is 0.915. The lowest BCUT2D eigenvalue weighted by atomic mass is 10.3. The summed E-state index contributed by atoms with van der Waals surface area (Å²) in [7, 11) is 0. The Morgan fingerprint density at radius 2 is 1.73 bits per heavy atom. The number of amidine groups is 1. The zero-order chi connectivity index (χ0) is 8.69. The number of hydrogen-bond acceptors (Lipinski definition) is 2. The third-order valence-electron chi connectivity index (χ3n) is 1.59. The van der Waals surface area contributed by atoms with Gasteiger partial charge in [0.1, 0.15) is 0 Å². The molecule has 0 aromatic rings. The standard InChI is InChI=1S/C6H13N3.C2H6/c1-6(7)9-4-2-8-3-5-9;1-2/h7-8H,2-5H2,1H3;1-2H3. The van der Waals surface area contributed by atoms with Gasteiger partial charge in [-0.2, -0.15) is 0 Å². The summed E-state index contributed by atoms with van der Waals surface area (Å²) >= 11 is 0. The van der Waals surface area contributed by atoms with E-state index < -0.39 is 0 Å². The molecule has 11 heavy (non-hydrogen) atoms. The van der Waals surface area contributed by atoms with Gasteiger partial charge in [0.05, 0.1) is 5.84 Å². The molecule has 3 heteroatoms. The molecule has 0 atom stereocenters. The molecule has 1 aliphatic heterocycles. The third kappa shape index (κ3) is 3.98. The molecule has 66 valence electrons. The minimum atomic E-state index is 0.691. The van der Waals surface area contributed by atoms with Crippen molar-refractivity contribution in [3.05, 3.63) is 0 Å². The quantitative estimate of drug-likeness (QED) is 0.405. The first-order valence-corrected chi connectivity index (χ1v) is 4.31. The molecule has 0 aliphatic carbocycles. The third-order valence-corrected chi connectivity index (χ3v) is 1.59. The Labute approximate surface area is 69.3 Å². The lowest BCUT2D eigenvalue weighted by molar-refractivity contribution is 0.354. The van der Waals surface area contributed by atoms with Crippen LogP contribution in [-0.2, 0) is 0 Å². The van der Waals surface area contributed by atoms with Crippen molar-refractivity contribution in [2.24, 2.45) is 0 Å². The van der Waals surface area contributed by atoms with Gasteiger partial charge in [0, 0.05) is 26.2 Å². The predicted molar refractivity (Wildman–Crippen MR) is 49.2 cm³/mol. The number of hydrogen-bond donors (Lipinski definition) is 2. The van der Waals surface area contributed by atoms with E-state index in [1.807, 2.05) is 20.8 Å². The van der Waals surface area contributed by atoms with Gasteiger partial charge in [-0.3, -0.25) is 5.41 Å². The van der Waals surface area contributed by atoms with E-state index in [2.05, 4.69) is 10.2 Å². The molecule has 0 unspecified atom stereocenters. The van der Waals surface area contributed by atoms with Gasteiger partial charge >= 0.3 is 0 Å². The van der Waals surface area contributed by atoms with Gasteiger partial charge in [-0.15, -0.1) is 0 Å². The summed E-state index contributed by atoms with van der Waals surface area (Å²) < 4.78 is 0. The summed E-state index contributed by atoms with van der Waals surface area (Å²) in [5.74, 6) is 0.691. The van der Waals surface area contributed by atoms with Crippen LogP contribution in [0.2, 0.25) is 0 Å². The van der Waals surface area contributed by atoms with Crippen LogP contribution in [0.25, 0.3) is 0 Å². The second-order valence-electron chi connectivity index (χ2n) is 2.32. The van der Waals surface area contributed by atoms with Crippen molar-refractivity contribution < 1.29 is 0 Å². The first kappa shape index (κ1) is 10.4. The van der Waals surface area contributed by atoms with E-state index in [9.17, 15) is 0 Å². The maximum absolute atomic E-state index is 7.29. The lowest BCUT2D eigenvalue weighted by Crippen LogP contribution is -2.45. The molecule has 1 saturated heterocycles. The molecule has 1 fully saturated rings. The average molecular weight is 157 g/mol. The highest BCUT2D eigenvalue weighted by Gasteiger charge is 2.07. The maximum Gasteiger partial charge on any atom is 0.0926 e. The summed E-state index contributed by atoms with van der Waals surface area (Å²) in [5.41, 5.74) is 0. The summed E-state index contributed by atoms with van der Waals surface area (Å²) in [5, 5.41) is 10.5. The van der Waals surface area contributed by atoms with Gasteiger partial charge in [0.25, 0.3) is 0 Å². The molecule has 0 radical (unpaired) electrons. The van der Waals surface area contributed by atoms with Gasteiger partial charge in [0.15, 0.2) is 0 Å². The van der Waals surface area contributed by atoms with E-state index in [0.29, 0.717) is 5.84 Å². The summed E-state index contributed by atoms with van der Waals surface area (Å²) in [6, 6.07) is 0. The second kappa shape index (κ2) is 6.16. The Balaban J connectivity index is 0.000000461. The first-order chi connectivity index (χ1) is 5.30. The van der Waals surface area contributed by atoms with Crippen molar-refractivity contribution in [3.63, 3.8) is 0 Å². The van der Waals surface area contributed by atoms with Crippen molar-refractivity contribution in [2.75, 3.05) is 26.2 Å². The lowest BCUT2D eigenvalue weighted by Gasteiger charge is -2.27.